The lowest BCUT2D eigenvalue weighted by atomic mass is 10.1. The monoisotopic (exact) mass is 300 g/mol. The first kappa shape index (κ1) is 13.9. The van der Waals surface area contributed by atoms with Gasteiger partial charge in [0.1, 0.15) is 12.4 Å². The van der Waals surface area contributed by atoms with Crippen molar-refractivity contribution < 1.29 is 13.2 Å². The van der Waals surface area contributed by atoms with Crippen LogP contribution in [0.3, 0.4) is 0 Å². The number of hydrogen-bond donors (Lipinski definition) is 0. The molecule has 0 spiro atoms. The Hall–Kier alpha value is -2.07. The highest BCUT2D eigenvalue weighted by molar-refractivity contribution is 7.95. The Bertz CT molecular complexity index is 833. The van der Waals surface area contributed by atoms with Crippen LogP contribution >= 0.6 is 0 Å². The van der Waals surface area contributed by atoms with Gasteiger partial charge in [-0.2, -0.15) is 0 Å². The molecule has 0 fully saturated rings. The number of sulfone groups is 1. The van der Waals surface area contributed by atoms with Gasteiger partial charge in [-0.15, -0.1) is 0 Å². The van der Waals surface area contributed by atoms with Crippen molar-refractivity contribution in [1.82, 2.24) is 0 Å². The summed E-state index contributed by atoms with van der Waals surface area (Å²) >= 11 is 0. The maximum atomic E-state index is 12.7. The topological polar surface area (TPSA) is 43.4 Å². The first-order valence-electron chi connectivity index (χ1n) is 6.73. The number of benzene rings is 2. The van der Waals surface area contributed by atoms with Crippen molar-refractivity contribution in [3.05, 3.63) is 64.1 Å². The standard InChI is InChI=1S/C17H16O3S/c1-12-7-8-15(9-13(12)2)21(18,19)16-10-14-5-3-4-6-17(14)20-11-16/h3-10H,11H2,1-2H3. The van der Waals surface area contributed by atoms with E-state index in [0.29, 0.717) is 9.80 Å². The van der Waals surface area contributed by atoms with Gasteiger partial charge in [0, 0.05) is 5.56 Å². The Balaban J connectivity index is 2.07. The van der Waals surface area contributed by atoms with Gasteiger partial charge in [0.15, 0.2) is 0 Å². The maximum Gasteiger partial charge on any atom is 0.206 e. The third-order valence-electron chi connectivity index (χ3n) is 3.74. The molecule has 2 aromatic carbocycles. The van der Waals surface area contributed by atoms with Crippen LogP contribution in [-0.4, -0.2) is 15.0 Å². The zero-order chi connectivity index (χ0) is 15.0. The molecule has 0 atom stereocenters. The number of rotatable bonds is 2. The van der Waals surface area contributed by atoms with Gasteiger partial charge in [-0.3, -0.25) is 0 Å². The van der Waals surface area contributed by atoms with E-state index >= 15 is 0 Å². The summed E-state index contributed by atoms with van der Waals surface area (Å²) in [5.41, 5.74) is 2.84. The highest BCUT2D eigenvalue weighted by Gasteiger charge is 2.25. The molecular formula is C17H16O3S. The van der Waals surface area contributed by atoms with E-state index in [-0.39, 0.29) is 6.61 Å². The van der Waals surface area contributed by atoms with Gasteiger partial charge in [0.25, 0.3) is 0 Å². The van der Waals surface area contributed by atoms with Crippen molar-refractivity contribution in [2.45, 2.75) is 18.7 Å². The molecule has 0 bridgehead atoms. The van der Waals surface area contributed by atoms with E-state index in [9.17, 15) is 8.42 Å². The lowest BCUT2D eigenvalue weighted by Gasteiger charge is -2.18. The van der Waals surface area contributed by atoms with E-state index in [1.807, 2.05) is 44.2 Å². The van der Waals surface area contributed by atoms with Crippen LogP contribution < -0.4 is 4.74 Å². The first-order valence-corrected chi connectivity index (χ1v) is 8.21. The second-order valence-electron chi connectivity index (χ2n) is 5.19. The fourth-order valence-corrected chi connectivity index (χ4v) is 3.66. The van der Waals surface area contributed by atoms with E-state index in [4.69, 9.17) is 4.74 Å². The average Bonchev–Trinajstić information content (AvgIpc) is 2.49. The summed E-state index contributed by atoms with van der Waals surface area (Å²) in [6, 6.07) is 12.6. The molecule has 0 radical (unpaired) electrons. The predicted molar refractivity (Wildman–Crippen MR) is 83.0 cm³/mol. The minimum absolute atomic E-state index is 0.0757. The molecule has 0 N–H and O–H groups in total. The molecule has 0 saturated heterocycles. The van der Waals surface area contributed by atoms with E-state index in [0.717, 1.165) is 22.4 Å². The van der Waals surface area contributed by atoms with Crippen LogP contribution in [0, 0.1) is 13.8 Å². The number of fused-ring (bicyclic) bond motifs is 1. The Labute approximate surface area is 124 Å². The SMILES string of the molecule is Cc1ccc(S(=O)(=O)C2=Cc3ccccc3OC2)cc1C. The molecule has 0 aromatic heterocycles. The lowest BCUT2D eigenvalue weighted by Crippen LogP contribution is -2.15. The average molecular weight is 300 g/mol. The van der Waals surface area contributed by atoms with Gasteiger partial charge in [-0.1, -0.05) is 24.3 Å². The minimum Gasteiger partial charge on any atom is -0.488 e. The zero-order valence-corrected chi connectivity index (χ0v) is 12.8. The van der Waals surface area contributed by atoms with Gasteiger partial charge in [-0.05, 0) is 49.2 Å². The maximum absolute atomic E-state index is 12.7. The summed E-state index contributed by atoms with van der Waals surface area (Å²) in [4.78, 5) is 0.615. The number of ether oxygens (including phenoxy) is 1. The normalized spacial score (nSPS) is 14.1. The van der Waals surface area contributed by atoms with Crippen LogP contribution in [0.5, 0.6) is 5.75 Å². The summed E-state index contributed by atoms with van der Waals surface area (Å²) < 4.78 is 31.0. The van der Waals surface area contributed by atoms with Crippen molar-refractivity contribution in [3.8, 4) is 5.75 Å². The van der Waals surface area contributed by atoms with Crippen LogP contribution in [0.25, 0.3) is 6.08 Å². The molecule has 1 aliphatic rings. The second kappa shape index (κ2) is 5.04. The van der Waals surface area contributed by atoms with E-state index in [1.165, 1.54) is 0 Å². The molecule has 4 heteroatoms. The van der Waals surface area contributed by atoms with Crippen LogP contribution in [0.15, 0.2) is 52.3 Å². The number of para-hydroxylation sites is 1. The van der Waals surface area contributed by atoms with Crippen molar-refractivity contribution in [1.29, 1.82) is 0 Å². The quantitative estimate of drug-likeness (QED) is 0.852. The van der Waals surface area contributed by atoms with Gasteiger partial charge in [0.2, 0.25) is 9.84 Å². The predicted octanol–water partition coefficient (Wildman–Crippen LogP) is 3.51. The molecule has 2 aromatic rings. The third kappa shape index (κ3) is 2.47. The summed E-state index contributed by atoms with van der Waals surface area (Å²) in [6.07, 6.45) is 1.70. The second-order valence-corrected chi connectivity index (χ2v) is 7.19. The smallest absolute Gasteiger partial charge is 0.206 e. The summed E-state index contributed by atoms with van der Waals surface area (Å²) in [6.45, 7) is 3.95. The van der Waals surface area contributed by atoms with Gasteiger partial charge >= 0.3 is 0 Å². The zero-order valence-electron chi connectivity index (χ0n) is 12.0. The van der Waals surface area contributed by atoms with Crippen LogP contribution in [-0.2, 0) is 9.84 Å². The molecule has 3 rings (SSSR count). The Morgan fingerprint density at radius 3 is 2.52 bits per heavy atom. The first-order chi connectivity index (χ1) is 9.98. The molecule has 1 heterocycles. The molecule has 108 valence electrons. The molecular weight excluding hydrogens is 284 g/mol. The van der Waals surface area contributed by atoms with Crippen LogP contribution in [0.2, 0.25) is 0 Å². The molecule has 0 saturated carbocycles. The highest BCUT2D eigenvalue weighted by Crippen LogP contribution is 2.31. The number of aryl methyl sites for hydroxylation is 2. The molecule has 3 nitrogen and oxygen atoms in total. The summed E-state index contributed by atoms with van der Waals surface area (Å²) in [5.74, 6) is 0.719. The molecule has 0 aliphatic carbocycles. The summed E-state index contributed by atoms with van der Waals surface area (Å²) in [5, 5.41) is 0. The van der Waals surface area contributed by atoms with E-state index < -0.39 is 9.84 Å². The van der Waals surface area contributed by atoms with Crippen molar-refractivity contribution in [2.75, 3.05) is 6.61 Å². The fraction of sp³-hybridized carbons (Fsp3) is 0.176. The van der Waals surface area contributed by atoms with Crippen molar-refractivity contribution in [3.63, 3.8) is 0 Å². The lowest BCUT2D eigenvalue weighted by molar-refractivity contribution is 0.353. The van der Waals surface area contributed by atoms with Gasteiger partial charge in [-0.25, -0.2) is 8.42 Å². The van der Waals surface area contributed by atoms with Crippen LogP contribution in [0.1, 0.15) is 16.7 Å². The van der Waals surface area contributed by atoms with Crippen molar-refractivity contribution in [2.24, 2.45) is 0 Å². The summed E-state index contributed by atoms with van der Waals surface area (Å²) in [7, 11) is -3.51. The highest BCUT2D eigenvalue weighted by atomic mass is 32.2. The Kier molecular flexibility index (Phi) is 3.33. The largest absolute Gasteiger partial charge is 0.488 e. The van der Waals surface area contributed by atoms with E-state index in [2.05, 4.69) is 0 Å². The molecule has 21 heavy (non-hydrogen) atoms. The minimum atomic E-state index is -3.51. The molecule has 1 aliphatic heterocycles. The fourth-order valence-electron chi connectivity index (χ4n) is 2.28. The van der Waals surface area contributed by atoms with Gasteiger partial charge in [0.05, 0.1) is 9.80 Å². The van der Waals surface area contributed by atoms with Gasteiger partial charge < -0.3 is 4.74 Å². The third-order valence-corrected chi connectivity index (χ3v) is 5.54. The molecule has 0 unspecified atom stereocenters. The van der Waals surface area contributed by atoms with Crippen LogP contribution in [0.4, 0.5) is 0 Å². The number of hydrogen-bond acceptors (Lipinski definition) is 3. The van der Waals surface area contributed by atoms with E-state index in [1.54, 1.807) is 18.2 Å². The Morgan fingerprint density at radius 1 is 1.00 bits per heavy atom. The van der Waals surface area contributed by atoms with Crippen molar-refractivity contribution >= 4 is 15.9 Å². The molecule has 0 amide bonds. The Morgan fingerprint density at radius 2 is 1.76 bits per heavy atom.